The first-order valence-corrected chi connectivity index (χ1v) is 7.76. The molecule has 3 aromatic carbocycles. The van der Waals surface area contributed by atoms with E-state index < -0.39 is 11.9 Å². The fourth-order valence-electron chi connectivity index (χ4n) is 2.59. The Bertz CT molecular complexity index is 999. The van der Waals surface area contributed by atoms with Gasteiger partial charge in [0.2, 0.25) is 0 Å². The molecule has 0 spiro atoms. The second-order valence-electron chi connectivity index (χ2n) is 5.58. The van der Waals surface area contributed by atoms with Crippen LogP contribution in [-0.2, 0) is 0 Å². The van der Waals surface area contributed by atoms with E-state index in [2.05, 4.69) is 0 Å². The van der Waals surface area contributed by atoms with Gasteiger partial charge in [-0.05, 0) is 36.4 Å². The minimum atomic E-state index is -1.21. The molecule has 3 aromatic rings. The summed E-state index contributed by atoms with van der Waals surface area (Å²) in [6.45, 7) is 0. The van der Waals surface area contributed by atoms with Crippen molar-refractivity contribution in [1.82, 2.24) is 0 Å². The van der Waals surface area contributed by atoms with Crippen LogP contribution in [0.3, 0.4) is 0 Å². The van der Waals surface area contributed by atoms with Crippen LogP contribution >= 0.6 is 0 Å². The number of anilines is 2. The van der Waals surface area contributed by atoms with E-state index in [4.69, 9.17) is 16.2 Å². The highest BCUT2D eigenvalue weighted by molar-refractivity contribution is 6.03. The average Bonchev–Trinajstić information content (AvgIpc) is 2.63. The molecular weight excluding hydrogens is 332 g/mol. The normalized spacial score (nSPS) is 10.3. The predicted octanol–water partition coefficient (Wildman–Crippen LogP) is 3.44. The molecule has 6 heteroatoms. The van der Waals surface area contributed by atoms with Gasteiger partial charge in [0.15, 0.2) is 0 Å². The van der Waals surface area contributed by atoms with E-state index in [1.54, 1.807) is 54.6 Å². The first-order chi connectivity index (χ1) is 12.5. The Kier molecular flexibility index (Phi) is 4.57. The zero-order valence-electron chi connectivity index (χ0n) is 13.7. The lowest BCUT2D eigenvalue weighted by Crippen LogP contribution is -2.14. The number of aromatic carboxylic acids is 1. The molecule has 0 aromatic heterocycles. The highest BCUT2D eigenvalue weighted by Crippen LogP contribution is 2.35. The molecular formula is C20H16N2O4. The molecule has 0 fully saturated rings. The molecule has 6 nitrogen and oxygen atoms in total. The second-order valence-corrected chi connectivity index (χ2v) is 5.58. The Morgan fingerprint density at radius 3 is 2.15 bits per heavy atom. The average molecular weight is 348 g/mol. The third kappa shape index (κ3) is 3.34. The molecule has 130 valence electrons. The zero-order valence-corrected chi connectivity index (χ0v) is 13.7. The summed E-state index contributed by atoms with van der Waals surface area (Å²) in [5.74, 6) is -1.74. The van der Waals surface area contributed by atoms with Crippen molar-refractivity contribution in [2.45, 2.75) is 0 Å². The molecule has 0 unspecified atom stereocenters. The van der Waals surface area contributed by atoms with Gasteiger partial charge < -0.3 is 21.3 Å². The van der Waals surface area contributed by atoms with Crippen molar-refractivity contribution in [2.24, 2.45) is 0 Å². The number of carboxylic acid groups (broad SMARTS) is 1. The summed E-state index contributed by atoms with van der Waals surface area (Å²) >= 11 is 0. The number of rotatable bonds is 4. The number of carbonyl (C=O) groups excluding carboxylic acids is 1. The van der Waals surface area contributed by atoms with E-state index in [1.807, 2.05) is 0 Å². The molecule has 0 saturated carbocycles. The van der Waals surface area contributed by atoms with Gasteiger partial charge in [-0.3, -0.25) is 0 Å². The summed E-state index contributed by atoms with van der Waals surface area (Å²) in [6.07, 6.45) is 0. The van der Waals surface area contributed by atoms with Crippen LogP contribution in [0.1, 0.15) is 20.7 Å². The monoisotopic (exact) mass is 348 g/mol. The lowest BCUT2D eigenvalue weighted by Gasteiger charge is -2.13. The molecule has 26 heavy (non-hydrogen) atoms. The molecule has 0 radical (unpaired) electrons. The fourth-order valence-corrected chi connectivity index (χ4v) is 2.59. The molecule has 0 atom stereocenters. The maximum Gasteiger partial charge on any atom is 0.344 e. The van der Waals surface area contributed by atoms with E-state index in [0.717, 1.165) is 0 Å². The van der Waals surface area contributed by atoms with Gasteiger partial charge in [-0.15, -0.1) is 0 Å². The van der Waals surface area contributed by atoms with Gasteiger partial charge in [0.1, 0.15) is 5.75 Å². The maximum atomic E-state index is 12.5. The molecule has 0 bridgehead atoms. The Labute approximate surface area is 149 Å². The molecule has 0 aliphatic rings. The minimum Gasteiger partial charge on any atom is -0.478 e. The van der Waals surface area contributed by atoms with Gasteiger partial charge in [-0.2, -0.15) is 0 Å². The lowest BCUT2D eigenvalue weighted by molar-refractivity contribution is 0.0668. The van der Waals surface area contributed by atoms with E-state index >= 15 is 0 Å². The summed E-state index contributed by atoms with van der Waals surface area (Å²) in [7, 11) is 0. The smallest absolute Gasteiger partial charge is 0.344 e. The molecule has 5 N–H and O–H groups in total. The van der Waals surface area contributed by atoms with Crippen molar-refractivity contribution >= 4 is 23.3 Å². The Hall–Kier alpha value is -3.80. The number of hydrogen-bond acceptors (Lipinski definition) is 5. The van der Waals surface area contributed by atoms with E-state index in [0.29, 0.717) is 22.5 Å². The predicted molar refractivity (Wildman–Crippen MR) is 99.1 cm³/mol. The molecule has 0 amide bonds. The summed E-state index contributed by atoms with van der Waals surface area (Å²) in [5.41, 5.74) is 13.9. The van der Waals surface area contributed by atoms with Gasteiger partial charge in [-0.25, -0.2) is 9.59 Å². The summed E-state index contributed by atoms with van der Waals surface area (Å²) in [6, 6.07) is 17.8. The van der Waals surface area contributed by atoms with Gasteiger partial charge in [-0.1, -0.05) is 30.3 Å². The van der Waals surface area contributed by atoms with Crippen molar-refractivity contribution < 1.29 is 19.4 Å². The second kappa shape index (κ2) is 6.98. The van der Waals surface area contributed by atoms with Crippen LogP contribution < -0.4 is 16.2 Å². The quantitative estimate of drug-likeness (QED) is 0.378. The number of ether oxygens (including phenoxy) is 1. The third-order valence-electron chi connectivity index (χ3n) is 3.83. The highest BCUT2D eigenvalue weighted by atomic mass is 16.5. The van der Waals surface area contributed by atoms with Crippen molar-refractivity contribution in [3.8, 4) is 16.9 Å². The third-order valence-corrected chi connectivity index (χ3v) is 3.83. The van der Waals surface area contributed by atoms with Crippen LogP contribution in [0, 0.1) is 0 Å². The van der Waals surface area contributed by atoms with E-state index in [-0.39, 0.29) is 16.9 Å². The molecule has 0 saturated heterocycles. The van der Waals surface area contributed by atoms with Crippen molar-refractivity contribution in [3.63, 3.8) is 0 Å². The number of esters is 1. The zero-order chi connectivity index (χ0) is 18.7. The fraction of sp³-hybridized carbons (Fsp3) is 0. The van der Waals surface area contributed by atoms with Crippen LogP contribution in [0.25, 0.3) is 11.1 Å². The number of nitrogens with two attached hydrogens (primary N) is 2. The first-order valence-electron chi connectivity index (χ1n) is 7.76. The van der Waals surface area contributed by atoms with Crippen molar-refractivity contribution in [3.05, 3.63) is 77.9 Å². The number of carboxylic acids is 1. The van der Waals surface area contributed by atoms with Gasteiger partial charge in [0, 0.05) is 22.5 Å². The Morgan fingerprint density at radius 1 is 0.808 bits per heavy atom. The van der Waals surface area contributed by atoms with Crippen LogP contribution in [0.5, 0.6) is 5.75 Å². The maximum absolute atomic E-state index is 12.5. The number of para-hydroxylation sites is 1. The largest absolute Gasteiger partial charge is 0.478 e. The van der Waals surface area contributed by atoms with Gasteiger partial charge in [0.05, 0.1) is 11.1 Å². The van der Waals surface area contributed by atoms with Gasteiger partial charge >= 0.3 is 11.9 Å². The Morgan fingerprint density at radius 2 is 1.46 bits per heavy atom. The number of nitrogen functional groups attached to an aromatic ring is 2. The SMILES string of the molecule is Nc1ccc(OC(=O)c2ccccc2C(=O)O)c(-c2ccccc2N)c1. The number of benzene rings is 3. The number of carbonyl (C=O) groups is 2. The molecule has 3 rings (SSSR count). The van der Waals surface area contributed by atoms with E-state index in [1.165, 1.54) is 12.1 Å². The van der Waals surface area contributed by atoms with Crippen molar-refractivity contribution in [2.75, 3.05) is 11.5 Å². The molecule has 0 aliphatic heterocycles. The van der Waals surface area contributed by atoms with E-state index in [9.17, 15) is 14.7 Å². The summed E-state index contributed by atoms with van der Waals surface area (Å²) in [5, 5.41) is 9.25. The lowest BCUT2D eigenvalue weighted by atomic mass is 10.0. The first kappa shape index (κ1) is 17.0. The molecule has 0 heterocycles. The van der Waals surface area contributed by atoms with Crippen LogP contribution in [0.2, 0.25) is 0 Å². The number of hydrogen-bond donors (Lipinski definition) is 3. The standard InChI is InChI=1S/C20H16N2O4/c21-12-9-10-18(16(11-12)13-5-3-4-8-17(13)22)26-20(25)15-7-2-1-6-14(15)19(23)24/h1-11H,21-22H2,(H,23,24). The van der Waals surface area contributed by atoms with Crippen LogP contribution in [0.15, 0.2) is 66.7 Å². The highest BCUT2D eigenvalue weighted by Gasteiger charge is 2.19. The van der Waals surface area contributed by atoms with Crippen LogP contribution in [-0.4, -0.2) is 17.0 Å². The summed E-state index contributed by atoms with van der Waals surface area (Å²) in [4.78, 5) is 23.9. The van der Waals surface area contributed by atoms with Crippen molar-refractivity contribution in [1.29, 1.82) is 0 Å². The summed E-state index contributed by atoms with van der Waals surface area (Å²) < 4.78 is 5.47. The van der Waals surface area contributed by atoms with Gasteiger partial charge in [0.25, 0.3) is 0 Å². The Balaban J connectivity index is 2.03. The van der Waals surface area contributed by atoms with Crippen LogP contribution in [0.4, 0.5) is 11.4 Å². The molecule has 0 aliphatic carbocycles. The minimum absolute atomic E-state index is 0.0381. The topological polar surface area (TPSA) is 116 Å².